The van der Waals surface area contributed by atoms with Crippen LogP contribution in [0.2, 0.25) is 0 Å². The number of anilines is 1. The Balaban J connectivity index is 2.07. The maximum Gasteiger partial charge on any atom is 0.121 e. The molecule has 1 aliphatic carbocycles. The van der Waals surface area contributed by atoms with Crippen LogP contribution in [0.1, 0.15) is 31.7 Å². The van der Waals surface area contributed by atoms with E-state index in [2.05, 4.69) is 31.3 Å². The second-order valence-corrected chi connectivity index (χ2v) is 4.84. The van der Waals surface area contributed by atoms with Crippen LogP contribution in [0.15, 0.2) is 18.2 Å². The molecule has 2 atom stereocenters. The molecule has 2 heteroatoms. The topological polar surface area (TPSA) is 21.3 Å². The number of ether oxygens (including phenoxy) is 1. The van der Waals surface area contributed by atoms with Crippen molar-refractivity contribution in [3.63, 3.8) is 0 Å². The summed E-state index contributed by atoms with van der Waals surface area (Å²) in [5, 5.41) is 3.63. The van der Waals surface area contributed by atoms with E-state index in [1.807, 2.05) is 6.07 Å². The third kappa shape index (κ3) is 2.31. The minimum absolute atomic E-state index is 0.646. The first-order chi connectivity index (χ1) is 7.70. The molecule has 2 unspecified atom stereocenters. The zero-order valence-corrected chi connectivity index (χ0v) is 10.4. The van der Waals surface area contributed by atoms with E-state index >= 15 is 0 Å². The fourth-order valence-corrected chi connectivity index (χ4v) is 2.54. The maximum absolute atomic E-state index is 5.26. The molecule has 0 aromatic heterocycles. The largest absolute Gasteiger partial charge is 0.496 e. The zero-order valence-electron chi connectivity index (χ0n) is 10.4. The molecule has 2 rings (SSSR count). The van der Waals surface area contributed by atoms with E-state index in [9.17, 15) is 0 Å². The van der Waals surface area contributed by atoms with Crippen LogP contribution < -0.4 is 10.1 Å². The van der Waals surface area contributed by atoms with E-state index in [1.54, 1.807) is 7.11 Å². The Hall–Kier alpha value is -1.18. The van der Waals surface area contributed by atoms with Gasteiger partial charge in [0, 0.05) is 11.7 Å². The predicted molar refractivity (Wildman–Crippen MR) is 68.2 cm³/mol. The second kappa shape index (κ2) is 4.77. The van der Waals surface area contributed by atoms with Crippen molar-refractivity contribution in [3.05, 3.63) is 23.8 Å². The summed E-state index contributed by atoms with van der Waals surface area (Å²) in [5.41, 5.74) is 2.41. The highest BCUT2D eigenvalue weighted by Gasteiger charge is 2.22. The van der Waals surface area contributed by atoms with Gasteiger partial charge >= 0.3 is 0 Å². The summed E-state index contributed by atoms with van der Waals surface area (Å²) in [4.78, 5) is 0. The van der Waals surface area contributed by atoms with Gasteiger partial charge in [0.25, 0.3) is 0 Å². The van der Waals surface area contributed by atoms with Crippen molar-refractivity contribution in [2.24, 2.45) is 5.92 Å². The van der Waals surface area contributed by atoms with E-state index in [4.69, 9.17) is 4.74 Å². The Morgan fingerprint density at radius 1 is 1.31 bits per heavy atom. The van der Waals surface area contributed by atoms with Crippen molar-refractivity contribution in [2.45, 2.75) is 39.2 Å². The quantitative estimate of drug-likeness (QED) is 0.838. The maximum atomic E-state index is 5.26. The number of methoxy groups -OCH3 is 1. The molecule has 0 amide bonds. The SMILES string of the molecule is COc1ccc(NC2CCCC2C)cc1C. The number of rotatable bonds is 3. The minimum Gasteiger partial charge on any atom is -0.496 e. The number of nitrogens with one attached hydrogen (secondary N) is 1. The molecule has 88 valence electrons. The van der Waals surface area contributed by atoms with Crippen molar-refractivity contribution >= 4 is 5.69 Å². The average Bonchev–Trinajstić information content (AvgIpc) is 2.65. The Labute approximate surface area is 98.0 Å². The van der Waals surface area contributed by atoms with Gasteiger partial charge in [-0.2, -0.15) is 0 Å². The van der Waals surface area contributed by atoms with Crippen LogP contribution in [0, 0.1) is 12.8 Å². The predicted octanol–water partition coefficient (Wildman–Crippen LogP) is 3.60. The lowest BCUT2D eigenvalue weighted by Crippen LogP contribution is -2.21. The van der Waals surface area contributed by atoms with Crippen LogP contribution in [0.4, 0.5) is 5.69 Å². The summed E-state index contributed by atoms with van der Waals surface area (Å²) in [7, 11) is 1.72. The Morgan fingerprint density at radius 3 is 2.69 bits per heavy atom. The first-order valence-electron chi connectivity index (χ1n) is 6.12. The third-order valence-corrected chi connectivity index (χ3v) is 3.61. The molecule has 0 bridgehead atoms. The highest BCUT2D eigenvalue weighted by atomic mass is 16.5. The third-order valence-electron chi connectivity index (χ3n) is 3.61. The van der Waals surface area contributed by atoms with Gasteiger partial charge in [0.2, 0.25) is 0 Å². The molecule has 1 fully saturated rings. The van der Waals surface area contributed by atoms with Crippen molar-refractivity contribution < 1.29 is 4.74 Å². The first kappa shape index (κ1) is 11.3. The molecule has 2 nitrogen and oxygen atoms in total. The molecular formula is C14H21NO. The molecular weight excluding hydrogens is 198 g/mol. The summed E-state index contributed by atoms with van der Waals surface area (Å²) < 4.78 is 5.26. The van der Waals surface area contributed by atoms with Crippen LogP contribution in [-0.4, -0.2) is 13.2 Å². The Kier molecular flexibility index (Phi) is 3.37. The van der Waals surface area contributed by atoms with Crippen LogP contribution in [-0.2, 0) is 0 Å². The molecule has 0 saturated heterocycles. The van der Waals surface area contributed by atoms with E-state index in [0.29, 0.717) is 6.04 Å². The van der Waals surface area contributed by atoms with Gasteiger partial charge in [0.1, 0.15) is 5.75 Å². The molecule has 0 heterocycles. The van der Waals surface area contributed by atoms with Crippen LogP contribution in [0.25, 0.3) is 0 Å². The van der Waals surface area contributed by atoms with E-state index in [0.717, 1.165) is 11.7 Å². The van der Waals surface area contributed by atoms with Crippen molar-refractivity contribution in [2.75, 3.05) is 12.4 Å². The van der Waals surface area contributed by atoms with Crippen LogP contribution in [0.5, 0.6) is 5.75 Å². The van der Waals surface area contributed by atoms with Crippen molar-refractivity contribution in [1.29, 1.82) is 0 Å². The van der Waals surface area contributed by atoms with Gasteiger partial charge in [0.05, 0.1) is 7.11 Å². The summed E-state index contributed by atoms with van der Waals surface area (Å²) >= 11 is 0. The van der Waals surface area contributed by atoms with Gasteiger partial charge in [-0.15, -0.1) is 0 Å². The molecule has 0 radical (unpaired) electrons. The Morgan fingerprint density at radius 2 is 2.12 bits per heavy atom. The van der Waals surface area contributed by atoms with Crippen molar-refractivity contribution in [3.8, 4) is 5.75 Å². The van der Waals surface area contributed by atoms with E-state index in [1.165, 1.54) is 30.5 Å². The molecule has 0 aliphatic heterocycles. The van der Waals surface area contributed by atoms with Gasteiger partial charge in [-0.05, 0) is 49.4 Å². The van der Waals surface area contributed by atoms with Gasteiger partial charge < -0.3 is 10.1 Å². The molecule has 1 aromatic carbocycles. The molecule has 1 aromatic rings. The number of hydrogen-bond acceptors (Lipinski definition) is 2. The van der Waals surface area contributed by atoms with Gasteiger partial charge in [-0.1, -0.05) is 13.3 Å². The van der Waals surface area contributed by atoms with Crippen LogP contribution in [0.3, 0.4) is 0 Å². The zero-order chi connectivity index (χ0) is 11.5. The van der Waals surface area contributed by atoms with Gasteiger partial charge in [0.15, 0.2) is 0 Å². The van der Waals surface area contributed by atoms with E-state index < -0.39 is 0 Å². The highest BCUT2D eigenvalue weighted by Crippen LogP contribution is 2.29. The minimum atomic E-state index is 0.646. The standard InChI is InChI=1S/C14H21NO/c1-10-5-4-6-13(10)15-12-7-8-14(16-3)11(2)9-12/h7-10,13,15H,4-6H2,1-3H3. The number of benzene rings is 1. The molecule has 1 saturated carbocycles. The van der Waals surface area contributed by atoms with E-state index in [-0.39, 0.29) is 0 Å². The van der Waals surface area contributed by atoms with Gasteiger partial charge in [-0.3, -0.25) is 0 Å². The van der Waals surface area contributed by atoms with Crippen molar-refractivity contribution in [1.82, 2.24) is 0 Å². The smallest absolute Gasteiger partial charge is 0.121 e. The molecule has 1 aliphatic rings. The lowest BCUT2D eigenvalue weighted by molar-refractivity contribution is 0.411. The lowest BCUT2D eigenvalue weighted by atomic mass is 10.1. The number of aryl methyl sites for hydroxylation is 1. The Bertz CT molecular complexity index is 362. The molecule has 16 heavy (non-hydrogen) atoms. The normalized spacial score (nSPS) is 24.4. The summed E-state index contributed by atoms with van der Waals surface area (Å²) in [6.07, 6.45) is 4.01. The van der Waals surface area contributed by atoms with Gasteiger partial charge in [-0.25, -0.2) is 0 Å². The van der Waals surface area contributed by atoms with Crippen LogP contribution >= 0.6 is 0 Å². The summed E-state index contributed by atoms with van der Waals surface area (Å²) in [6.45, 7) is 4.42. The fourth-order valence-electron chi connectivity index (χ4n) is 2.54. The monoisotopic (exact) mass is 219 g/mol. The first-order valence-corrected chi connectivity index (χ1v) is 6.12. The average molecular weight is 219 g/mol. The molecule has 1 N–H and O–H groups in total. The lowest BCUT2D eigenvalue weighted by Gasteiger charge is -2.19. The molecule has 0 spiro atoms. The highest BCUT2D eigenvalue weighted by molar-refractivity contribution is 5.51. The second-order valence-electron chi connectivity index (χ2n) is 4.84. The number of hydrogen-bond donors (Lipinski definition) is 1. The fraction of sp³-hybridized carbons (Fsp3) is 0.571. The summed E-state index contributed by atoms with van der Waals surface area (Å²) in [6, 6.07) is 6.96. The summed E-state index contributed by atoms with van der Waals surface area (Å²) in [5.74, 6) is 1.76.